The van der Waals surface area contributed by atoms with Crippen LogP contribution in [0.4, 0.5) is 0 Å². The summed E-state index contributed by atoms with van der Waals surface area (Å²) in [6.07, 6.45) is 10.9. The highest BCUT2D eigenvalue weighted by Crippen LogP contribution is 2.67. The molecule has 4 fully saturated rings. The maximum Gasteiger partial charge on any atom is 0.0574 e. The van der Waals surface area contributed by atoms with Crippen LogP contribution >= 0.6 is 0 Å². The van der Waals surface area contributed by atoms with E-state index in [9.17, 15) is 10.3 Å². The molecule has 8 atom stereocenters. The first-order valence-electron chi connectivity index (χ1n) is 10.3. The van der Waals surface area contributed by atoms with Gasteiger partial charge in [-0.3, -0.25) is 0 Å². The fourth-order valence-electron chi connectivity index (χ4n) is 7.98. The average Bonchev–Trinajstić information content (AvgIpc) is 2.91. The molecule has 0 heterocycles. The summed E-state index contributed by atoms with van der Waals surface area (Å²) in [5, 5.41) is 23.1. The lowest BCUT2D eigenvalue weighted by Gasteiger charge is -2.60. The van der Waals surface area contributed by atoms with Crippen LogP contribution in [-0.2, 0) is 0 Å². The predicted molar refractivity (Wildman–Crippen MR) is 96.1 cm³/mol. The predicted octanol–water partition coefficient (Wildman–Crippen LogP) is 4.86. The minimum Gasteiger partial charge on any atom is -0.411 e. The van der Waals surface area contributed by atoms with E-state index in [-0.39, 0.29) is 6.10 Å². The molecule has 3 heteroatoms. The lowest BCUT2D eigenvalue weighted by atomic mass is 9.44. The number of rotatable bonds is 1. The number of hydrogen-bond acceptors (Lipinski definition) is 3. The molecule has 0 aliphatic heterocycles. The molecular formula is C21H35NO2. The van der Waals surface area contributed by atoms with E-state index in [1.807, 2.05) is 6.92 Å². The average molecular weight is 334 g/mol. The zero-order valence-corrected chi connectivity index (χ0v) is 15.7. The molecule has 0 aromatic heterocycles. The minimum absolute atomic E-state index is 0.151. The topological polar surface area (TPSA) is 52.8 Å². The van der Waals surface area contributed by atoms with Crippen molar-refractivity contribution in [2.24, 2.45) is 45.6 Å². The van der Waals surface area contributed by atoms with Crippen LogP contribution in [0.25, 0.3) is 0 Å². The van der Waals surface area contributed by atoms with Crippen LogP contribution < -0.4 is 0 Å². The molecule has 136 valence electrons. The number of hydrogen-bond donors (Lipinski definition) is 2. The third-order valence-corrected chi connectivity index (χ3v) is 9.30. The van der Waals surface area contributed by atoms with Gasteiger partial charge in [-0.1, -0.05) is 19.0 Å². The Bertz CT molecular complexity index is 530. The van der Waals surface area contributed by atoms with Crippen LogP contribution in [0.15, 0.2) is 5.16 Å². The van der Waals surface area contributed by atoms with Gasteiger partial charge in [0.05, 0.1) is 11.8 Å². The normalized spacial score (nSPS) is 54.0. The van der Waals surface area contributed by atoms with Crippen LogP contribution in [0.2, 0.25) is 0 Å². The van der Waals surface area contributed by atoms with Crippen molar-refractivity contribution in [1.82, 2.24) is 0 Å². The number of aliphatic hydroxyl groups excluding tert-OH is 1. The van der Waals surface area contributed by atoms with Crippen LogP contribution in [0.5, 0.6) is 0 Å². The van der Waals surface area contributed by atoms with Crippen LogP contribution in [0.3, 0.4) is 0 Å². The fraction of sp³-hybridized carbons (Fsp3) is 0.952. The molecule has 2 N–H and O–H groups in total. The quantitative estimate of drug-likeness (QED) is 0.532. The van der Waals surface area contributed by atoms with Gasteiger partial charge in [-0.25, -0.2) is 0 Å². The summed E-state index contributed by atoms with van der Waals surface area (Å²) in [5.74, 6) is 3.76. The van der Waals surface area contributed by atoms with E-state index in [2.05, 4.69) is 19.0 Å². The first kappa shape index (κ1) is 16.9. The molecule has 4 aliphatic rings. The van der Waals surface area contributed by atoms with Crippen molar-refractivity contribution in [3.05, 3.63) is 0 Å². The highest BCUT2D eigenvalue weighted by molar-refractivity contribution is 5.85. The van der Waals surface area contributed by atoms with Gasteiger partial charge in [-0.15, -0.1) is 0 Å². The summed E-state index contributed by atoms with van der Waals surface area (Å²) >= 11 is 0. The second-order valence-electron chi connectivity index (χ2n) is 10.00. The standard InChI is InChI=1S/C21H35NO2/c1-13(23)17-6-7-18-16-5-4-14-12-15(22-24)8-10-20(14,2)19(16)9-11-21(17,18)3/h13-14,16-19,23-24H,4-12H2,1-3H3/b22-15+. The molecule has 4 saturated carbocycles. The van der Waals surface area contributed by atoms with Gasteiger partial charge in [0.2, 0.25) is 0 Å². The summed E-state index contributed by atoms with van der Waals surface area (Å²) < 4.78 is 0. The zero-order valence-electron chi connectivity index (χ0n) is 15.7. The highest BCUT2D eigenvalue weighted by Gasteiger charge is 2.60. The van der Waals surface area contributed by atoms with Crippen molar-refractivity contribution < 1.29 is 10.3 Å². The third kappa shape index (κ3) is 2.22. The van der Waals surface area contributed by atoms with E-state index in [1.54, 1.807) is 0 Å². The van der Waals surface area contributed by atoms with Crippen molar-refractivity contribution in [1.29, 1.82) is 0 Å². The molecular weight excluding hydrogens is 298 g/mol. The Morgan fingerprint density at radius 1 is 1.00 bits per heavy atom. The van der Waals surface area contributed by atoms with Crippen LogP contribution in [0.1, 0.15) is 78.6 Å². The highest BCUT2D eigenvalue weighted by atomic mass is 16.4. The van der Waals surface area contributed by atoms with Gasteiger partial charge in [-0.2, -0.15) is 0 Å². The van der Waals surface area contributed by atoms with Gasteiger partial charge in [-0.05, 0) is 105 Å². The van der Waals surface area contributed by atoms with Gasteiger partial charge in [0.25, 0.3) is 0 Å². The molecule has 4 rings (SSSR count). The molecule has 0 spiro atoms. The molecule has 0 bridgehead atoms. The van der Waals surface area contributed by atoms with E-state index >= 15 is 0 Å². The lowest BCUT2D eigenvalue weighted by molar-refractivity contribution is -0.110. The lowest BCUT2D eigenvalue weighted by Crippen LogP contribution is -2.54. The smallest absolute Gasteiger partial charge is 0.0574 e. The number of aliphatic hydroxyl groups is 1. The second-order valence-corrected chi connectivity index (χ2v) is 10.00. The van der Waals surface area contributed by atoms with Crippen molar-refractivity contribution in [3.63, 3.8) is 0 Å². The van der Waals surface area contributed by atoms with Gasteiger partial charge in [0.15, 0.2) is 0 Å². The van der Waals surface area contributed by atoms with E-state index in [4.69, 9.17) is 0 Å². The van der Waals surface area contributed by atoms with Crippen LogP contribution in [0, 0.1) is 40.4 Å². The van der Waals surface area contributed by atoms with Gasteiger partial charge >= 0.3 is 0 Å². The van der Waals surface area contributed by atoms with Gasteiger partial charge < -0.3 is 10.3 Å². The Kier molecular flexibility index (Phi) is 4.02. The van der Waals surface area contributed by atoms with Crippen molar-refractivity contribution >= 4 is 5.71 Å². The first-order chi connectivity index (χ1) is 11.4. The molecule has 4 aliphatic carbocycles. The summed E-state index contributed by atoms with van der Waals surface area (Å²) in [7, 11) is 0. The summed E-state index contributed by atoms with van der Waals surface area (Å²) in [6.45, 7) is 7.05. The summed E-state index contributed by atoms with van der Waals surface area (Å²) in [4.78, 5) is 0. The number of oxime groups is 1. The largest absolute Gasteiger partial charge is 0.411 e. The number of nitrogens with zero attached hydrogens (tertiary/aromatic N) is 1. The summed E-state index contributed by atoms with van der Waals surface area (Å²) in [6, 6.07) is 0. The summed E-state index contributed by atoms with van der Waals surface area (Å²) in [5.41, 5.74) is 1.85. The Hall–Kier alpha value is -0.570. The molecule has 0 aromatic rings. The van der Waals surface area contributed by atoms with Crippen molar-refractivity contribution in [3.8, 4) is 0 Å². The maximum absolute atomic E-state index is 10.3. The molecule has 24 heavy (non-hydrogen) atoms. The maximum atomic E-state index is 10.3. The molecule has 3 nitrogen and oxygen atoms in total. The Balaban J connectivity index is 1.60. The SMILES string of the molecule is CC(O)C1CCC2C3CCC4C/C(=N/O)CCC4(C)C3CCC12C. The van der Waals surface area contributed by atoms with Crippen LogP contribution in [-0.4, -0.2) is 22.1 Å². The molecule has 0 radical (unpaired) electrons. The molecule has 0 aromatic carbocycles. The first-order valence-corrected chi connectivity index (χ1v) is 10.3. The Morgan fingerprint density at radius 2 is 1.75 bits per heavy atom. The van der Waals surface area contributed by atoms with Gasteiger partial charge in [0.1, 0.15) is 0 Å². The van der Waals surface area contributed by atoms with Crippen molar-refractivity contribution in [2.45, 2.75) is 84.7 Å². The molecule has 8 unspecified atom stereocenters. The Morgan fingerprint density at radius 3 is 2.46 bits per heavy atom. The zero-order chi connectivity index (χ0) is 17.1. The van der Waals surface area contributed by atoms with E-state index in [0.717, 1.165) is 42.2 Å². The third-order valence-electron chi connectivity index (χ3n) is 9.30. The fourth-order valence-corrected chi connectivity index (χ4v) is 7.98. The monoisotopic (exact) mass is 333 g/mol. The minimum atomic E-state index is -0.151. The van der Waals surface area contributed by atoms with Gasteiger partial charge in [0, 0.05) is 0 Å². The second kappa shape index (κ2) is 5.72. The number of fused-ring (bicyclic) bond motifs is 5. The Labute approximate surface area is 146 Å². The molecule has 0 saturated heterocycles. The van der Waals surface area contributed by atoms with E-state index in [1.165, 1.54) is 44.9 Å². The van der Waals surface area contributed by atoms with E-state index in [0.29, 0.717) is 16.7 Å². The molecule has 0 amide bonds. The van der Waals surface area contributed by atoms with E-state index < -0.39 is 0 Å². The van der Waals surface area contributed by atoms with Crippen molar-refractivity contribution in [2.75, 3.05) is 0 Å².